The molecule has 3 aromatic heterocycles. The van der Waals surface area contributed by atoms with Gasteiger partial charge in [-0.05, 0) is 58.6 Å². The molecule has 5 nitrogen and oxygen atoms in total. The highest BCUT2D eigenvalue weighted by molar-refractivity contribution is 6.37. The van der Waals surface area contributed by atoms with Crippen LogP contribution in [0.5, 0.6) is 0 Å². The van der Waals surface area contributed by atoms with Crippen molar-refractivity contribution in [3.05, 3.63) is 163 Å². The van der Waals surface area contributed by atoms with Crippen LogP contribution in [0.15, 0.2) is 152 Å². The molecule has 0 saturated carbocycles. The van der Waals surface area contributed by atoms with E-state index >= 15 is 0 Å². The van der Waals surface area contributed by atoms with Gasteiger partial charge in [0.25, 0.3) is 0 Å². The SMILES string of the molecule is CC1CC(C)(C)c2cc(-n3c4ccccc4c4c5c6ccccc6n(-c6nc(-c7ccccc7)nc(-c7ccccc7)n6)c5c5ccccc5c43)ccc2C1(C)C. The lowest BCUT2D eigenvalue weighted by Gasteiger charge is -2.46. The van der Waals surface area contributed by atoms with Crippen molar-refractivity contribution in [3.8, 4) is 34.4 Å². The molecule has 0 fully saturated rings. The smallest absolute Gasteiger partial charge is 0.238 e. The lowest BCUT2D eigenvalue weighted by Crippen LogP contribution is -2.40. The van der Waals surface area contributed by atoms with E-state index < -0.39 is 0 Å². The molecule has 0 radical (unpaired) electrons. The van der Waals surface area contributed by atoms with Crippen molar-refractivity contribution in [2.24, 2.45) is 5.92 Å². The van der Waals surface area contributed by atoms with E-state index in [0.29, 0.717) is 23.5 Å². The quantitative estimate of drug-likeness (QED) is 0.181. The van der Waals surface area contributed by atoms with Gasteiger partial charge in [-0.1, -0.05) is 162 Å². The van der Waals surface area contributed by atoms with E-state index in [4.69, 9.17) is 15.0 Å². The molecule has 0 spiro atoms. The summed E-state index contributed by atoms with van der Waals surface area (Å²) in [5.41, 5.74) is 10.7. The predicted octanol–water partition coefficient (Wildman–Crippen LogP) is 13.1. The second kappa shape index (κ2) is 12.2. The zero-order valence-corrected chi connectivity index (χ0v) is 33.0. The minimum Gasteiger partial charge on any atom is -0.309 e. The minimum absolute atomic E-state index is 0.0591. The average Bonchev–Trinajstić information content (AvgIpc) is 3.77. The normalized spacial score (nSPS) is 16.2. The van der Waals surface area contributed by atoms with Gasteiger partial charge in [-0.3, -0.25) is 4.57 Å². The molecule has 276 valence electrons. The van der Waals surface area contributed by atoms with Crippen LogP contribution in [0.4, 0.5) is 0 Å². The number of hydrogen-bond acceptors (Lipinski definition) is 3. The molecule has 0 bridgehead atoms. The third-order valence-electron chi connectivity index (χ3n) is 13.1. The average molecular weight is 738 g/mol. The summed E-state index contributed by atoms with van der Waals surface area (Å²) in [4.78, 5) is 15.6. The van der Waals surface area contributed by atoms with E-state index in [1.165, 1.54) is 49.4 Å². The van der Waals surface area contributed by atoms with Crippen LogP contribution in [0, 0.1) is 5.92 Å². The first kappa shape index (κ1) is 33.7. The second-order valence-corrected chi connectivity index (χ2v) is 17.2. The largest absolute Gasteiger partial charge is 0.309 e. The lowest BCUT2D eigenvalue weighted by molar-refractivity contribution is 0.233. The third-order valence-corrected chi connectivity index (χ3v) is 13.1. The van der Waals surface area contributed by atoms with Crippen LogP contribution in [0.25, 0.3) is 88.8 Å². The first-order chi connectivity index (χ1) is 27.7. The van der Waals surface area contributed by atoms with E-state index in [1.54, 1.807) is 0 Å². The van der Waals surface area contributed by atoms with E-state index in [9.17, 15) is 0 Å². The fraction of sp³-hybridized carbons (Fsp3) is 0.173. The van der Waals surface area contributed by atoms with Crippen molar-refractivity contribution < 1.29 is 0 Å². The van der Waals surface area contributed by atoms with Crippen LogP contribution in [0.3, 0.4) is 0 Å². The van der Waals surface area contributed by atoms with E-state index in [1.807, 2.05) is 36.4 Å². The molecule has 0 aliphatic heterocycles. The minimum atomic E-state index is 0.0591. The maximum Gasteiger partial charge on any atom is 0.238 e. The number of fused-ring (bicyclic) bond motifs is 11. The standard InChI is InChI=1S/C52H43N5/c1-32-31-51(2,3)41-30-35(28-29-40(41)52(32,4)5)56-42-26-16-14-24-38(42)44-45-39-25-15-17-27-43(39)57(47(45)37-23-13-12-22-36(37)46(44)56)50-54-48(33-18-8-6-9-19-33)53-49(55-50)34-20-10-7-11-21-34/h6-30,32H,31H2,1-5H3. The van der Waals surface area contributed by atoms with Crippen LogP contribution in [0.2, 0.25) is 0 Å². The predicted molar refractivity (Wildman–Crippen MR) is 237 cm³/mol. The fourth-order valence-electron chi connectivity index (χ4n) is 9.95. The maximum absolute atomic E-state index is 5.28. The molecule has 10 aromatic rings. The van der Waals surface area contributed by atoms with Gasteiger partial charge in [0.2, 0.25) is 5.95 Å². The summed E-state index contributed by atoms with van der Waals surface area (Å²) in [6.07, 6.45) is 1.15. The zero-order valence-electron chi connectivity index (χ0n) is 33.0. The van der Waals surface area contributed by atoms with Crippen LogP contribution in [-0.4, -0.2) is 24.1 Å². The molecule has 5 heteroatoms. The molecule has 1 unspecified atom stereocenters. The Morgan fingerprint density at radius 3 is 1.53 bits per heavy atom. The molecule has 1 aliphatic carbocycles. The Bertz CT molecular complexity index is 3160. The summed E-state index contributed by atoms with van der Waals surface area (Å²) in [7, 11) is 0. The number of nitrogens with zero attached hydrogens (tertiary/aromatic N) is 5. The number of benzene rings is 7. The number of para-hydroxylation sites is 2. The summed E-state index contributed by atoms with van der Waals surface area (Å²) in [5.74, 6) is 2.46. The van der Waals surface area contributed by atoms with Gasteiger partial charge in [0.15, 0.2) is 11.6 Å². The topological polar surface area (TPSA) is 48.5 Å². The highest BCUT2D eigenvalue weighted by Crippen LogP contribution is 2.51. The Morgan fingerprint density at radius 1 is 0.491 bits per heavy atom. The van der Waals surface area contributed by atoms with Gasteiger partial charge < -0.3 is 4.57 Å². The molecule has 3 heterocycles. The summed E-state index contributed by atoms with van der Waals surface area (Å²) in [6, 6.07) is 54.3. The first-order valence-electron chi connectivity index (χ1n) is 20.1. The van der Waals surface area contributed by atoms with Crippen molar-refractivity contribution >= 4 is 54.4 Å². The van der Waals surface area contributed by atoms with Gasteiger partial charge in [-0.2, -0.15) is 9.97 Å². The van der Waals surface area contributed by atoms with Gasteiger partial charge in [0.1, 0.15) is 0 Å². The molecular formula is C52H43N5. The molecule has 1 aliphatic rings. The van der Waals surface area contributed by atoms with Crippen molar-refractivity contribution in [2.75, 3.05) is 0 Å². The molecular weight excluding hydrogens is 695 g/mol. The Labute approximate surface area is 332 Å². The molecule has 11 rings (SSSR count). The Kier molecular flexibility index (Phi) is 7.22. The van der Waals surface area contributed by atoms with Crippen LogP contribution >= 0.6 is 0 Å². The van der Waals surface area contributed by atoms with Crippen molar-refractivity contribution in [1.29, 1.82) is 0 Å². The fourth-order valence-corrected chi connectivity index (χ4v) is 9.95. The number of aromatic nitrogens is 5. The molecule has 0 amide bonds. The number of hydrogen-bond donors (Lipinski definition) is 0. The van der Waals surface area contributed by atoms with Crippen LogP contribution < -0.4 is 0 Å². The summed E-state index contributed by atoms with van der Waals surface area (Å²) in [5, 5.41) is 7.16. The van der Waals surface area contributed by atoms with Crippen LogP contribution in [-0.2, 0) is 10.8 Å². The maximum atomic E-state index is 5.28. The van der Waals surface area contributed by atoms with Gasteiger partial charge in [-0.15, -0.1) is 0 Å². The second-order valence-electron chi connectivity index (χ2n) is 17.2. The monoisotopic (exact) mass is 737 g/mol. The zero-order chi connectivity index (χ0) is 38.6. The molecule has 0 saturated heterocycles. The lowest BCUT2D eigenvalue weighted by atomic mass is 9.58. The van der Waals surface area contributed by atoms with Gasteiger partial charge in [0, 0.05) is 49.1 Å². The van der Waals surface area contributed by atoms with Crippen molar-refractivity contribution in [1.82, 2.24) is 24.1 Å². The van der Waals surface area contributed by atoms with E-state index in [2.05, 4.69) is 159 Å². The number of rotatable bonds is 4. The van der Waals surface area contributed by atoms with Crippen LogP contribution in [0.1, 0.15) is 52.2 Å². The third kappa shape index (κ3) is 4.91. The van der Waals surface area contributed by atoms with E-state index in [-0.39, 0.29) is 10.8 Å². The van der Waals surface area contributed by atoms with Gasteiger partial charge in [0.05, 0.1) is 22.1 Å². The molecule has 1 atom stereocenters. The van der Waals surface area contributed by atoms with Crippen molar-refractivity contribution in [2.45, 2.75) is 51.9 Å². The molecule has 7 aromatic carbocycles. The molecule has 0 N–H and O–H groups in total. The first-order valence-corrected chi connectivity index (χ1v) is 20.1. The Morgan fingerprint density at radius 2 is 0.965 bits per heavy atom. The summed E-state index contributed by atoms with van der Waals surface area (Å²) >= 11 is 0. The van der Waals surface area contributed by atoms with Gasteiger partial charge >= 0.3 is 0 Å². The Balaban J connectivity index is 1.29. The van der Waals surface area contributed by atoms with Gasteiger partial charge in [-0.25, -0.2) is 4.98 Å². The van der Waals surface area contributed by atoms with Crippen molar-refractivity contribution in [3.63, 3.8) is 0 Å². The Hall–Kier alpha value is -6.59. The van der Waals surface area contributed by atoms with E-state index in [0.717, 1.165) is 39.4 Å². The molecule has 57 heavy (non-hydrogen) atoms. The summed E-state index contributed by atoms with van der Waals surface area (Å²) in [6.45, 7) is 12.1. The summed E-state index contributed by atoms with van der Waals surface area (Å²) < 4.78 is 4.81. The highest BCUT2D eigenvalue weighted by Gasteiger charge is 2.42. The highest BCUT2D eigenvalue weighted by atomic mass is 15.2.